The maximum atomic E-state index is 12.9. The summed E-state index contributed by atoms with van der Waals surface area (Å²) in [7, 11) is 5.51. The lowest BCUT2D eigenvalue weighted by Crippen LogP contribution is -2.08. The lowest BCUT2D eigenvalue weighted by atomic mass is 10.1. The van der Waals surface area contributed by atoms with E-state index in [1.165, 1.54) is 52.7 Å². The summed E-state index contributed by atoms with van der Waals surface area (Å²) in [5, 5.41) is 20.2. The van der Waals surface area contributed by atoms with E-state index in [2.05, 4.69) is 0 Å². The first-order valence-corrected chi connectivity index (χ1v) is 7.82. The van der Waals surface area contributed by atoms with Crippen molar-refractivity contribution < 1.29 is 33.6 Å². The van der Waals surface area contributed by atoms with Gasteiger partial charge in [-0.1, -0.05) is 0 Å². The molecule has 2 aromatic carbocycles. The molecule has 1 aromatic heterocycles. The number of ether oxygens (including phenoxy) is 4. The minimum Gasteiger partial charge on any atom is -0.507 e. The molecular formula is C19H18O8. The summed E-state index contributed by atoms with van der Waals surface area (Å²) < 4.78 is 26.5. The Kier molecular flexibility index (Phi) is 4.72. The molecule has 0 aliphatic rings. The third-order valence-corrected chi connectivity index (χ3v) is 4.09. The van der Waals surface area contributed by atoms with Crippen molar-refractivity contribution in [3.8, 4) is 45.8 Å². The van der Waals surface area contributed by atoms with E-state index < -0.39 is 5.43 Å². The lowest BCUT2D eigenvalue weighted by Gasteiger charge is -2.14. The van der Waals surface area contributed by atoms with Crippen molar-refractivity contribution in [2.75, 3.05) is 28.4 Å². The van der Waals surface area contributed by atoms with E-state index in [0.29, 0.717) is 11.3 Å². The number of benzene rings is 2. The Labute approximate surface area is 154 Å². The van der Waals surface area contributed by atoms with Crippen molar-refractivity contribution in [2.45, 2.75) is 0 Å². The number of methoxy groups -OCH3 is 4. The minimum absolute atomic E-state index is 0.0332. The summed E-state index contributed by atoms with van der Waals surface area (Å²) in [6.07, 6.45) is 0. The van der Waals surface area contributed by atoms with Crippen molar-refractivity contribution in [1.29, 1.82) is 0 Å². The number of hydrogen-bond donors (Lipinski definition) is 2. The summed E-state index contributed by atoms with van der Waals surface area (Å²) in [5.74, 6) is 0.0661. The van der Waals surface area contributed by atoms with Crippen LogP contribution in [-0.4, -0.2) is 38.7 Å². The molecule has 3 rings (SSSR count). The number of aromatic hydroxyl groups is 2. The second kappa shape index (κ2) is 6.99. The first-order valence-electron chi connectivity index (χ1n) is 7.82. The largest absolute Gasteiger partial charge is 0.507 e. The first-order chi connectivity index (χ1) is 12.9. The Bertz CT molecular complexity index is 1040. The number of rotatable bonds is 5. The summed E-state index contributed by atoms with van der Waals surface area (Å²) in [6.45, 7) is 0. The van der Waals surface area contributed by atoms with Crippen LogP contribution in [0.5, 0.6) is 34.5 Å². The Hall–Kier alpha value is -3.55. The zero-order chi connectivity index (χ0) is 19.7. The van der Waals surface area contributed by atoms with Crippen LogP contribution in [0.25, 0.3) is 22.3 Å². The van der Waals surface area contributed by atoms with Crippen LogP contribution >= 0.6 is 0 Å². The normalized spacial score (nSPS) is 10.7. The molecule has 142 valence electrons. The fourth-order valence-corrected chi connectivity index (χ4v) is 2.78. The minimum atomic E-state index is -0.556. The fourth-order valence-electron chi connectivity index (χ4n) is 2.78. The molecule has 0 spiro atoms. The maximum Gasteiger partial charge on any atom is 0.239 e. The highest BCUT2D eigenvalue weighted by Crippen LogP contribution is 2.43. The number of fused-ring (bicyclic) bond motifs is 1. The molecule has 0 saturated carbocycles. The molecule has 27 heavy (non-hydrogen) atoms. The van der Waals surface area contributed by atoms with Crippen LogP contribution in [0.1, 0.15) is 0 Å². The predicted octanol–water partition coefficient (Wildman–Crippen LogP) is 2.91. The van der Waals surface area contributed by atoms with E-state index in [1.54, 1.807) is 0 Å². The summed E-state index contributed by atoms with van der Waals surface area (Å²) >= 11 is 0. The molecule has 0 aliphatic heterocycles. The van der Waals surface area contributed by atoms with E-state index in [0.717, 1.165) is 0 Å². The molecule has 0 saturated heterocycles. The van der Waals surface area contributed by atoms with Crippen molar-refractivity contribution in [1.82, 2.24) is 0 Å². The van der Waals surface area contributed by atoms with Crippen LogP contribution in [0.4, 0.5) is 0 Å². The smallest absolute Gasteiger partial charge is 0.239 e. The summed E-state index contributed by atoms with van der Waals surface area (Å²) in [5.41, 5.74) is -0.0711. The first kappa shape index (κ1) is 18.2. The van der Waals surface area contributed by atoms with Gasteiger partial charge in [0.1, 0.15) is 22.5 Å². The van der Waals surface area contributed by atoms with Gasteiger partial charge in [0.25, 0.3) is 0 Å². The zero-order valence-corrected chi connectivity index (χ0v) is 15.2. The van der Waals surface area contributed by atoms with Gasteiger partial charge in [-0.05, 0) is 12.1 Å². The Morgan fingerprint density at radius 3 is 2.00 bits per heavy atom. The average Bonchev–Trinajstić information content (AvgIpc) is 2.67. The molecular weight excluding hydrogens is 356 g/mol. The van der Waals surface area contributed by atoms with Crippen molar-refractivity contribution in [3.05, 3.63) is 34.5 Å². The second-order valence-electron chi connectivity index (χ2n) is 5.54. The van der Waals surface area contributed by atoms with Crippen LogP contribution in [-0.2, 0) is 0 Å². The highest BCUT2D eigenvalue weighted by Gasteiger charge is 2.22. The van der Waals surface area contributed by atoms with Crippen molar-refractivity contribution in [2.24, 2.45) is 0 Å². The molecule has 0 unspecified atom stereocenters. The van der Waals surface area contributed by atoms with E-state index in [9.17, 15) is 15.0 Å². The second-order valence-corrected chi connectivity index (χ2v) is 5.54. The van der Waals surface area contributed by atoms with Crippen LogP contribution in [0, 0.1) is 0 Å². The van der Waals surface area contributed by atoms with Gasteiger partial charge in [-0.3, -0.25) is 4.79 Å². The van der Waals surface area contributed by atoms with Gasteiger partial charge in [0, 0.05) is 17.7 Å². The quantitative estimate of drug-likeness (QED) is 0.702. The predicted molar refractivity (Wildman–Crippen MR) is 97.5 cm³/mol. The van der Waals surface area contributed by atoms with E-state index in [1.807, 2.05) is 0 Å². The van der Waals surface area contributed by atoms with Gasteiger partial charge < -0.3 is 33.6 Å². The van der Waals surface area contributed by atoms with E-state index >= 15 is 0 Å². The molecule has 0 fully saturated rings. The topological polar surface area (TPSA) is 108 Å². The van der Waals surface area contributed by atoms with Crippen molar-refractivity contribution in [3.63, 3.8) is 0 Å². The molecule has 8 nitrogen and oxygen atoms in total. The third kappa shape index (κ3) is 2.95. The molecule has 0 bridgehead atoms. The van der Waals surface area contributed by atoms with Crippen LogP contribution in [0.3, 0.4) is 0 Å². The summed E-state index contributed by atoms with van der Waals surface area (Å²) in [6, 6.07) is 5.74. The van der Waals surface area contributed by atoms with Gasteiger partial charge in [-0.2, -0.15) is 0 Å². The Morgan fingerprint density at radius 1 is 0.852 bits per heavy atom. The van der Waals surface area contributed by atoms with Gasteiger partial charge in [-0.25, -0.2) is 0 Å². The zero-order valence-electron chi connectivity index (χ0n) is 15.2. The number of hydrogen-bond acceptors (Lipinski definition) is 8. The molecule has 1 heterocycles. The molecule has 2 N–H and O–H groups in total. The lowest BCUT2D eigenvalue weighted by molar-refractivity contribution is 0.340. The maximum absolute atomic E-state index is 12.9. The molecule has 0 radical (unpaired) electrons. The van der Waals surface area contributed by atoms with Gasteiger partial charge in [0.2, 0.25) is 16.9 Å². The fraction of sp³-hybridized carbons (Fsp3) is 0.211. The number of phenolic OH excluding ortho intramolecular Hbond substituents is 2. The van der Waals surface area contributed by atoms with Gasteiger partial charge in [0.15, 0.2) is 17.3 Å². The van der Waals surface area contributed by atoms with Crippen molar-refractivity contribution >= 4 is 11.0 Å². The van der Waals surface area contributed by atoms with Gasteiger partial charge in [-0.15, -0.1) is 0 Å². The molecule has 0 amide bonds. The van der Waals surface area contributed by atoms with Crippen LogP contribution < -0.4 is 24.4 Å². The SMILES string of the molecule is COc1cc(O)c2c(=O)c(OC)c(-c3cc(OC)c(O)c(OC)c3)oc2c1. The standard InChI is InChI=1S/C19H18O8/c1-23-10-7-11(20)15-12(8-10)27-18(19(26-4)17(15)22)9-5-13(24-2)16(21)14(6-9)25-3/h5-8,20-21H,1-4H3. The number of phenols is 2. The van der Waals surface area contributed by atoms with Crippen LogP contribution in [0.15, 0.2) is 33.5 Å². The Balaban J connectivity index is 2.39. The molecule has 8 heteroatoms. The van der Waals surface area contributed by atoms with E-state index in [-0.39, 0.29) is 45.5 Å². The van der Waals surface area contributed by atoms with Crippen LogP contribution in [0.2, 0.25) is 0 Å². The Morgan fingerprint density at radius 2 is 1.48 bits per heavy atom. The average molecular weight is 374 g/mol. The molecule has 3 aromatic rings. The van der Waals surface area contributed by atoms with Gasteiger partial charge in [0.05, 0.1) is 28.4 Å². The molecule has 0 atom stereocenters. The van der Waals surface area contributed by atoms with Gasteiger partial charge >= 0.3 is 0 Å². The third-order valence-electron chi connectivity index (χ3n) is 4.09. The summed E-state index contributed by atoms with van der Waals surface area (Å²) in [4.78, 5) is 12.9. The highest BCUT2D eigenvalue weighted by atomic mass is 16.5. The monoisotopic (exact) mass is 374 g/mol. The van der Waals surface area contributed by atoms with E-state index in [4.69, 9.17) is 23.4 Å². The molecule has 0 aliphatic carbocycles. The highest BCUT2D eigenvalue weighted by molar-refractivity contribution is 5.88.